The van der Waals surface area contributed by atoms with Gasteiger partial charge >= 0.3 is 0 Å². The molecule has 0 aliphatic rings. The van der Waals surface area contributed by atoms with Gasteiger partial charge in [-0.15, -0.1) is 0 Å². The summed E-state index contributed by atoms with van der Waals surface area (Å²) in [6.07, 6.45) is 12.7. The molecule has 0 unspecified atom stereocenters. The van der Waals surface area contributed by atoms with Crippen LogP contribution in [0.25, 0.3) is 0 Å². The van der Waals surface area contributed by atoms with E-state index < -0.39 is 0 Å². The predicted molar refractivity (Wildman–Crippen MR) is 93.2 cm³/mol. The normalized spacial score (nSPS) is 11.4. The molecule has 0 saturated heterocycles. The molecule has 0 atom stereocenters. The van der Waals surface area contributed by atoms with Gasteiger partial charge in [0.2, 0.25) is 0 Å². The van der Waals surface area contributed by atoms with Crippen LogP contribution in [0.2, 0.25) is 0 Å². The minimum Gasteiger partial charge on any atom is -0.379 e. The molecule has 0 bridgehead atoms. The van der Waals surface area contributed by atoms with Crippen LogP contribution in [0.5, 0.6) is 0 Å². The molecule has 0 heterocycles. The van der Waals surface area contributed by atoms with Crippen molar-refractivity contribution in [3.8, 4) is 0 Å². The first-order valence-corrected chi connectivity index (χ1v) is 10.6. The summed E-state index contributed by atoms with van der Waals surface area (Å²) in [5, 5.41) is 0. The highest BCUT2D eigenvalue weighted by molar-refractivity contribution is 8.76. The molecule has 116 valence electrons. The maximum absolute atomic E-state index is 5.53. The van der Waals surface area contributed by atoms with Gasteiger partial charge in [0.15, 0.2) is 0 Å². The molecule has 3 heteroatoms. The Kier molecular flexibility index (Phi) is 17.3. The Bertz CT molecular complexity index is 163. The van der Waals surface area contributed by atoms with Gasteiger partial charge in [0.25, 0.3) is 0 Å². The van der Waals surface area contributed by atoms with Gasteiger partial charge in [0, 0.05) is 18.1 Å². The van der Waals surface area contributed by atoms with E-state index in [1.807, 2.05) is 0 Å². The van der Waals surface area contributed by atoms with Gasteiger partial charge in [-0.25, -0.2) is 0 Å². The van der Waals surface area contributed by atoms with Gasteiger partial charge in [0.05, 0.1) is 6.10 Å². The second kappa shape index (κ2) is 16.7. The van der Waals surface area contributed by atoms with Crippen LogP contribution < -0.4 is 0 Å². The maximum atomic E-state index is 5.53. The average molecular weight is 307 g/mol. The quantitative estimate of drug-likeness (QED) is 0.259. The molecule has 0 aliphatic carbocycles. The Labute approximate surface area is 129 Å². The third-order valence-corrected chi connectivity index (χ3v) is 5.57. The highest BCUT2D eigenvalue weighted by Crippen LogP contribution is 2.24. The van der Waals surface area contributed by atoms with Crippen molar-refractivity contribution in [1.29, 1.82) is 0 Å². The number of rotatable bonds is 15. The first-order chi connectivity index (χ1) is 9.27. The van der Waals surface area contributed by atoms with Crippen molar-refractivity contribution in [3.05, 3.63) is 0 Å². The van der Waals surface area contributed by atoms with E-state index in [0.29, 0.717) is 6.10 Å². The fraction of sp³-hybridized carbons (Fsp3) is 1.00. The summed E-state index contributed by atoms with van der Waals surface area (Å²) in [4.78, 5) is 0. The third-order valence-electron chi connectivity index (χ3n) is 2.99. The van der Waals surface area contributed by atoms with Crippen LogP contribution in [-0.2, 0) is 4.74 Å². The first-order valence-electron chi connectivity index (χ1n) is 8.13. The molecule has 0 amide bonds. The Morgan fingerprint density at radius 2 is 1.26 bits per heavy atom. The monoisotopic (exact) mass is 306 g/mol. The fourth-order valence-corrected chi connectivity index (χ4v) is 4.11. The van der Waals surface area contributed by atoms with Gasteiger partial charge < -0.3 is 4.74 Å². The van der Waals surface area contributed by atoms with Crippen LogP contribution in [0.3, 0.4) is 0 Å². The average Bonchev–Trinajstić information content (AvgIpc) is 2.39. The SMILES string of the molecule is CCCCCCCSSCCCCCCOC(C)C. The van der Waals surface area contributed by atoms with Gasteiger partial charge in [-0.3, -0.25) is 0 Å². The van der Waals surface area contributed by atoms with Crippen molar-refractivity contribution in [2.75, 3.05) is 18.1 Å². The van der Waals surface area contributed by atoms with Crippen molar-refractivity contribution in [2.24, 2.45) is 0 Å². The summed E-state index contributed by atoms with van der Waals surface area (Å²) >= 11 is 0. The van der Waals surface area contributed by atoms with Crippen LogP contribution in [0.15, 0.2) is 0 Å². The zero-order valence-corrected chi connectivity index (χ0v) is 14.9. The smallest absolute Gasteiger partial charge is 0.0518 e. The van der Waals surface area contributed by atoms with Crippen LogP contribution in [-0.4, -0.2) is 24.2 Å². The third kappa shape index (κ3) is 18.7. The van der Waals surface area contributed by atoms with Crippen LogP contribution >= 0.6 is 21.6 Å². The minimum absolute atomic E-state index is 0.393. The highest BCUT2D eigenvalue weighted by Gasteiger charge is 1.95. The molecule has 0 aromatic carbocycles. The van der Waals surface area contributed by atoms with Crippen LogP contribution in [0.1, 0.15) is 78.6 Å². The standard InChI is InChI=1S/C16H34OS2/c1-4-5-6-8-11-14-18-19-15-12-9-7-10-13-17-16(2)3/h16H,4-15H2,1-3H3. The van der Waals surface area contributed by atoms with E-state index in [9.17, 15) is 0 Å². The van der Waals surface area contributed by atoms with E-state index in [1.165, 1.54) is 69.3 Å². The van der Waals surface area contributed by atoms with Crippen molar-refractivity contribution in [1.82, 2.24) is 0 Å². The molecule has 0 aromatic heterocycles. The lowest BCUT2D eigenvalue weighted by Gasteiger charge is -2.06. The number of hydrogen-bond donors (Lipinski definition) is 0. The summed E-state index contributed by atoms with van der Waals surface area (Å²) in [6.45, 7) is 7.43. The molecule has 0 fully saturated rings. The van der Waals surface area contributed by atoms with E-state index in [-0.39, 0.29) is 0 Å². The van der Waals surface area contributed by atoms with E-state index in [1.54, 1.807) is 0 Å². The fourth-order valence-electron chi connectivity index (χ4n) is 1.82. The lowest BCUT2D eigenvalue weighted by Crippen LogP contribution is -2.03. The molecule has 0 N–H and O–H groups in total. The van der Waals surface area contributed by atoms with Crippen LogP contribution in [0.4, 0.5) is 0 Å². The molecular formula is C16H34OS2. The molecule has 1 nitrogen and oxygen atoms in total. The molecular weight excluding hydrogens is 272 g/mol. The van der Waals surface area contributed by atoms with E-state index in [0.717, 1.165) is 6.61 Å². The van der Waals surface area contributed by atoms with Crippen molar-refractivity contribution in [3.63, 3.8) is 0 Å². The molecule has 0 radical (unpaired) electrons. The lowest BCUT2D eigenvalue weighted by atomic mass is 10.2. The molecule has 0 aliphatic heterocycles. The zero-order chi connectivity index (χ0) is 14.2. The Morgan fingerprint density at radius 3 is 1.79 bits per heavy atom. The second-order valence-corrected chi connectivity index (χ2v) is 8.09. The number of unbranched alkanes of at least 4 members (excludes halogenated alkanes) is 7. The Balaban J connectivity index is 2.91. The molecule has 0 aromatic rings. The van der Waals surface area contributed by atoms with Crippen LogP contribution in [0, 0.1) is 0 Å². The minimum atomic E-state index is 0.393. The zero-order valence-electron chi connectivity index (χ0n) is 13.3. The van der Waals surface area contributed by atoms with Crippen molar-refractivity contribution >= 4 is 21.6 Å². The summed E-state index contributed by atoms with van der Waals surface area (Å²) < 4.78 is 5.53. The van der Waals surface area contributed by atoms with E-state index >= 15 is 0 Å². The topological polar surface area (TPSA) is 9.23 Å². The summed E-state index contributed by atoms with van der Waals surface area (Å²) in [6, 6.07) is 0. The molecule has 19 heavy (non-hydrogen) atoms. The van der Waals surface area contributed by atoms with Gasteiger partial charge in [-0.2, -0.15) is 0 Å². The summed E-state index contributed by atoms with van der Waals surface area (Å²) in [7, 11) is 4.15. The van der Waals surface area contributed by atoms with Gasteiger partial charge in [-0.05, 0) is 33.1 Å². The second-order valence-electron chi connectivity index (χ2n) is 5.39. The Hall–Kier alpha value is 0.660. The van der Waals surface area contributed by atoms with Crippen molar-refractivity contribution < 1.29 is 4.74 Å². The van der Waals surface area contributed by atoms with Gasteiger partial charge in [-0.1, -0.05) is 67.0 Å². The van der Waals surface area contributed by atoms with E-state index in [2.05, 4.69) is 42.4 Å². The first kappa shape index (κ1) is 19.7. The lowest BCUT2D eigenvalue weighted by molar-refractivity contribution is 0.0757. The maximum Gasteiger partial charge on any atom is 0.0518 e. The van der Waals surface area contributed by atoms with E-state index in [4.69, 9.17) is 4.74 Å². The summed E-state index contributed by atoms with van der Waals surface area (Å²) in [5.74, 6) is 2.67. The molecule has 0 rings (SSSR count). The van der Waals surface area contributed by atoms with Crippen molar-refractivity contribution in [2.45, 2.75) is 84.7 Å². The summed E-state index contributed by atoms with van der Waals surface area (Å²) in [5.41, 5.74) is 0. The van der Waals surface area contributed by atoms with Gasteiger partial charge in [0.1, 0.15) is 0 Å². The predicted octanol–water partition coefficient (Wildman–Crippen LogP) is 6.32. The highest BCUT2D eigenvalue weighted by atomic mass is 33.1. The molecule has 0 spiro atoms. The largest absolute Gasteiger partial charge is 0.379 e. The number of ether oxygens (including phenoxy) is 1. The Morgan fingerprint density at radius 1 is 0.737 bits per heavy atom. The molecule has 0 saturated carbocycles. The number of hydrogen-bond acceptors (Lipinski definition) is 3.